The van der Waals surface area contributed by atoms with E-state index in [2.05, 4.69) is 17.7 Å². The normalized spacial score (nSPS) is 26.0. The van der Waals surface area contributed by atoms with Crippen molar-refractivity contribution in [3.8, 4) is 0 Å². The Morgan fingerprint density at radius 2 is 1.82 bits per heavy atom. The van der Waals surface area contributed by atoms with Gasteiger partial charge in [0, 0.05) is 31.7 Å². The lowest BCUT2D eigenvalue weighted by Gasteiger charge is -2.36. The summed E-state index contributed by atoms with van der Waals surface area (Å²) in [5.74, 6) is -0.945. The third kappa shape index (κ3) is 4.71. The number of halogens is 1. The molecule has 0 bridgehead atoms. The second-order valence-corrected chi connectivity index (χ2v) is 9.36. The SMILES string of the molecule is CC(=O)c1ccc(N2CCN(CC(=O)NN3C(=O)NC4(CCC(C)CC4)C3=O)CC2)c(F)c1. The number of amides is 4. The number of rotatable bonds is 5. The van der Waals surface area contributed by atoms with Gasteiger partial charge < -0.3 is 10.2 Å². The van der Waals surface area contributed by atoms with Crippen molar-refractivity contribution < 1.29 is 23.6 Å². The summed E-state index contributed by atoms with van der Waals surface area (Å²) in [6.45, 7) is 5.60. The van der Waals surface area contributed by atoms with Crippen molar-refractivity contribution in [2.24, 2.45) is 5.92 Å². The van der Waals surface area contributed by atoms with Crippen LogP contribution in [0.25, 0.3) is 0 Å². The van der Waals surface area contributed by atoms with Gasteiger partial charge in [0.05, 0.1) is 12.2 Å². The van der Waals surface area contributed by atoms with Gasteiger partial charge in [-0.1, -0.05) is 6.92 Å². The first kappa shape index (κ1) is 23.2. The van der Waals surface area contributed by atoms with Gasteiger partial charge in [-0.05, 0) is 56.7 Å². The summed E-state index contributed by atoms with van der Waals surface area (Å²) in [6.07, 6.45) is 2.88. The van der Waals surface area contributed by atoms with E-state index in [0.29, 0.717) is 56.2 Å². The highest BCUT2D eigenvalue weighted by Crippen LogP contribution is 2.35. The fourth-order valence-electron chi connectivity index (χ4n) is 4.81. The summed E-state index contributed by atoms with van der Waals surface area (Å²) in [4.78, 5) is 53.0. The molecule has 0 aromatic heterocycles. The van der Waals surface area contributed by atoms with E-state index < -0.39 is 23.3 Å². The first-order chi connectivity index (χ1) is 15.7. The van der Waals surface area contributed by atoms with Gasteiger partial charge in [0.15, 0.2) is 5.78 Å². The van der Waals surface area contributed by atoms with Crippen molar-refractivity contribution in [2.45, 2.75) is 45.1 Å². The predicted octanol–water partition coefficient (Wildman–Crippen LogP) is 1.68. The largest absolute Gasteiger partial charge is 0.367 e. The third-order valence-electron chi connectivity index (χ3n) is 6.96. The topological polar surface area (TPSA) is 102 Å². The van der Waals surface area contributed by atoms with Gasteiger partial charge in [-0.25, -0.2) is 9.18 Å². The fourth-order valence-corrected chi connectivity index (χ4v) is 4.81. The van der Waals surface area contributed by atoms with Crippen molar-refractivity contribution in [3.05, 3.63) is 29.6 Å². The van der Waals surface area contributed by atoms with Gasteiger partial charge in [-0.3, -0.25) is 24.7 Å². The number of benzene rings is 1. The van der Waals surface area contributed by atoms with Crippen molar-refractivity contribution in [1.29, 1.82) is 0 Å². The molecule has 0 unspecified atom stereocenters. The first-order valence-electron chi connectivity index (χ1n) is 11.4. The van der Waals surface area contributed by atoms with Gasteiger partial charge >= 0.3 is 6.03 Å². The number of nitrogens with zero attached hydrogens (tertiary/aromatic N) is 3. The lowest BCUT2D eigenvalue weighted by Crippen LogP contribution is -2.54. The number of hydrogen-bond donors (Lipinski definition) is 2. The van der Waals surface area contributed by atoms with Crippen LogP contribution in [0.15, 0.2) is 18.2 Å². The zero-order valence-electron chi connectivity index (χ0n) is 19.0. The second-order valence-electron chi connectivity index (χ2n) is 9.36. The average Bonchev–Trinajstić information content (AvgIpc) is 3.00. The molecular weight excluding hydrogens is 429 g/mol. The molecule has 2 heterocycles. The Kier molecular flexibility index (Phi) is 6.38. The van der Waals surface area contributed by atoms with Crippen LogP contribution in [-0.2, 0) is 9.59 Å². The minimum absolute atomic E-state index is 0.0285. The number of hydrazine groups is 1. The Morgan fingerprint density at radius 1 is 1.15 bits per heavy atom. The van der Waals surface area contributed by atoms with Gasteiger partial charge in [0.2, 0.25) is 0 Å². The molecule has 9 nitrogen and oxygen atoms in total. The standard InChI is InChI=1S/C23H30FN5O4/c1-15-5-7-23(8-6-15)21(32)29(22(33)25-23)26-20(31)14-27-9-11-28(12-10-27)19-4-3-17(16(2)30)13-18(19)24/h3-4,13,15H,5-12,14H2,1-2H3,(H,25,33)(H,26,31). The van der Waals surface area contributed by atoms with Crippen molar-refractivity contribution in [3.63, 3.8) is 0 Å². The van der Waals surface area contributed by atoms with E-state index in [9.17, 15) is 23.6 Å². The summed E-state index contributed by atoms with van der Waals surface area (Å²) < 4.78 is 14.4. The van der Waals surface area contributed by atoms with E-state index >= 15 is 0 Å². The van der Waals surface area contributed by atoms with Crippen LogP contribution in [0.2, 0.25) is 0 Å². The highest BCUT2D eigenvalue weighted by molar-refractivity contribution is 6.08. The zero-order chi connectivity index (χ0) is 23.8. The number of hydrogen-bond acceptors (Lipinski definition) is 6. The number of piperazine rings is 1. The molecule has 33 heavy (non-hydrogen) atoms. The van der Waals surface area contributed by atoms with E-state index in [-0.39, 0.29) is 18.2 Å². The first-order valence-corrected chi connectivity index (χ1v) is 11.4. The predicted molar refractivity (Wildman–Crippen MR) is 119 cm³/mol. The number of Topliss-reactive ketones (excluding diaryl/α,β-unsaturated/α-hetero) is 1. The molecule has 0 radical (unpaired) electrons. The van der Waals surface area contributed by atoms with E-state index in [1.165, 1.54) is 13.0 Å². The molecule has 2 saturated heterocycles. The minimum Gasteiger partial charge on any atom is -0.367 e. The van der Waals surface area contributed by atoms with Crippen molar-refractivity contribution >= 4 is 29.3 Å². The summed E-state index contributed by atoms with van der Waals surface area (Å²) in [5.41, 5.74) is 2.32. The molecule has 1 spiro atoms. The van der Waals surface area contributed by atoms with Crippen LogP contribution >= 0.6 is 0 Å². The molecule has 3 fully saturated rings. The van der Waals surface area contributed by atoms with Crippen LogP contribution in [0.5, 0.6) is 0 Å². The Labute approximate surface area is 192 Å². The van der Waals surface area contributed by atoms with Crippen molar-refractivity contribution in [1.82, 2.24) is 20.7 Å². The van der Waals surface area contributed by atoms with E-state index in [1.807, 2.05) is 9.80 Å². The van der Waals surface area contributed by atoms with Crippen LogP contribution in [-0.4, -0.2) is 71.8 Å². The van der Waals surface area contributed by atoms with Crippen LogP contribution in [0.3, 0.4) is 0 Å². The summed E-state index contributed by atoms with van der Waals surface area (Å²) >= 11 is 0. The second kappa shape index (κ2) is 9.09. The molecule has 1 aromatic rings. The lowest BCUT2D eigenvalue weighted by atomic mass is 9.77. The Bertz CT molecular complexity index is 968. The number of ketones is 1. The van der Waals surface area contributed by atoms with Gasteiger partial charge in [0.25, 0.3) is 11.8 Å². The van der Waals surface area contributed by atoms with Crippen LogP contribution in [0.4, 0.5) is 14.9 Å². The van der Waals surface area contributed by atoms with Crippen molar-refractivity contribution in [2.75, 3.05) is 37.6 Å². The van der Waals surface area contributed by atoms with E-state index in [0.717, 1.165) is 17.9 Å². The number of carbonyl (C=O) groups is 4. The summed E-state index contributed by atoms with van der Waals surface area (Å²) in [6, 6.07) is 3.87. The molecule has 1 saturated carbocycles. The zero-order valence-corrected chi connectivity index (χ0v) is 19.0. The number of anilines is 1. The molecule has 2 N–H and O–H groups in total. The molecule has 1 aliphatic carbocycles. The molecule has 10 heteroatoms. The number of urea groups is 1. The van der Waals surface area contributed by atoms with Gasteiger partial charge in [0.1, 0.15) is 11.4 Å². The van der Waals surface area contributed by atoms with Crippen LogP contribution < -0.4 is 15.6 Å². The van der Waals surface area contributed by atoms with E-state index in [4.69, 9.17) is 0 Å². The monoisotopic (exact) mass is 459 g/mol. The Hall–Kier alpha value is -3.01. The quantitative estimate of drug-likeness (QED) is 0.513. The van der Waals surface area contributed by atoms with Crippen LogP contribution in [0.1, 0.15) is 49.9 Å². The molecule has 3 aliphatic rings. The number of imide groups is 1. The molecule has 4 rings (SSSR count). The van der Waals surface area contributed by atoms with Crippen LogP contribution in [0, 0.1) is 11.7 Å². The maximum Gasteiger partial charge on any atom is 0.344 e. The molecule has 2 aliphatic heterocycles. The Balaban J connectivity index is 1.29. The minimum atomic E-state index is -0.898. The lowest BCUT2D eigenvalue weighted by molar-refractivity contribution is -0.140. The molecule has 178 valence electrons. The fraction of sp³-hybridized carbons (Fsp3) is 0.565. The Morgan fingerprint density at radius 3 is 2.42 bits per heavy atom. The highest BCUT2D eigenvalue weighted by atomic mass is 19.1. The third-order valence-corrected chi connectivity index (χ3v) is 6.96. The highest BCUT2D eigenvalue weighted by Gasteiger charge is 2.52. The molecular formula is C23H30FN5O4. The number of nitrogens with one attached hydrogen (secondary N) is 2. The average molecular weight is 460 g/mol. The summed E-state index contributed by atoms with van der Waals surface area (Å²) in [5, 5.41) is 3.60. The maximum atomic E-state index is 14.4. The smallest absolute Gasteiger partial charge is 0.344 e. The van der Waals surface area contributed by atoms with Gasteiger partial charge in [-0.15, -0.1) is 0 Å². The molecule has 0 atom stereocenters. The number of carbonyl (C=O) groups excluding carboxylic acids is 4. The molecule has 1 aromatic carbocycles. The molecule has 4 amide bonds. The summed E-state index contributed by atoms with van der Waals surface area (Å²) in [7, 11) is 0. The van der Waals surface area contributed by atoms with E-state index in [1.54, 1.807) is 12.1 Å². The maximum absolute atomic E-state index is 14.4. The van der Waals surface area contributed by atoms with Gasteiger partial charge in [-0.2, -0.15) is 5.01 Å².